The van der Waals surface area contributed by atoms with Gasteiger partial charge in [0, 0.05) is 20.3 Å². The number of carbonyl (C=O) groups is 3. The summed E-state index contributed by atoms with van der Waals surface area (Å²) in [5.74, 6) is -2.43. The molecule has 0 amide bonds. The second-order valence-corrected chi connectivity index (χ2v) is 6.07. The van der Waals surface area contributed by atoms with Crippen molar-refractivity contribution in [2.24, 2.45) is 0 Å². The van der Waals surface area contributed by atoms with Crippen molar-refractivity contribution < 1.29 is 33.3 Å². The second kappa shape index (κ2) is 8.51. The van der Waals surface area contributed by atoms with E-state index < -0.39 is 17.7 Å². The number of hydrogen-bond donors (Lipinski definition) is 0. The fourth-order valence-electron chi connectivity index (χ4n) is 2.28. The van der Waals surface area contributed by atoms with Gasteiger partial charge in [0.05, 0.1) is 13.2 Å². The molecule has 0 atom stereocenters. The Hall–Kier alpha value is -2.83. The van der Waals surface area contributed by atoms with Crippen LogP contribution >= 0.6 is 0 Å². The first kappa shape index (κ1) is 19.5. The summed E-state index contributed by atoms with van der Waals surface area (Å²) in [7, 11) is 0. The van der Waals surface area contributed by atoms with E-state index in [4.69, 9.17) is 18.9 Å². The minimum absolute atomic E-state index is 0.177. The molecule has 7 heteroatoms. The SMILES string of the molecule is CCOC(=O)CCCOc1cccc(C=C2C(=O)OC(C)(C)OC2=O)c1. The largest absolute Gasteiger partial charge is 0.494 e. The second-order valence-electron chi connectivity index (χ2n) is 6.07. The van der Waals surface area contributed by atoms with Crippen LogP contribution in [-0.4, -0.2) is 36.9 Å². The molecule has 0 saturated carbocycles. The van der Waals surface area contributed by atoms with Gasteiger partial charge in [0.1, 0.15) is 11.3 Å². The highest BCUT2D eigenvalue weighted by Crippen LogP contribution is 2.25. The lowest BCUT2D eigenvalue weighted by Gasteiger charge is -2.29. The lowest BCUT2D eigenvalue weighted by Crippen LogP contribution is -2.41. The van der Waals surface area contributed by atoms with Gasteiger partial charge < -0.3 is 18.9 Å². The van der Waals surface area contributed by atoms with Crippen LogP contribution in [0.4, 0.5) is 0 Å². The monoisotopic (exact) mass is 362 g/mol. The molecule has 0 spiro atoms. The van der Waals surface area contributed by atoms with E-state index in [9.17, 15) is 14.4 Å². The van der Waals surface area contributed by atoms with Gasteiger partial charge in [-0.2, -0.15) is 0 Å². The summed E-state index contributed by atoms with van der Waals surface area (Å²) in [6.07, 6.45) is 2.20. The highest BCUT2D eigenvalue weighted by Gasteiger charge is 2.38. The van der Waals surface area contributed by atoms with Crippen LogP contribution in [0, 0.1) is 0 Å². The van der Waals surface area contributed by atoms with Crippen molar-refractivity contribution in [1.29, 1.82) is 0 Å². The summed E-state index contributed by atoms with van der Waals surface area (Å²) in [5, 5.41) is 0. The van der Waals surface area contributed by atoms with Crippen LogP contribution < -0.4 is 4.74 Å². The summed E-state index contributed by atoms with van der Waals surface area (Å²) in [6.45, 7) is 5.44. The van der Waals surface area contributed by atoms with Crippen molar-refractivity contribution in [3.8, 4) is 5.75 Å². The van der Waals surface area contributed by atoms with Crippen molar-refractivity contribution >= 4 is 24.0 Å². The van der Waals surface area contributed by atoms with Gasteiger partial charge >= 0.3 is 17.9 Å². The van der Waals surface area contributed by atoms with E-state index in [1.54, 1.807) is 31.2 Å². The van der Waals surface area contributed by atoms with E-state index in [1.807, 2.05) is 0 Å². The first-order valence-electron chi connectivity index (χ1n) is 8.37. The van der Waals surface area contributed by atoms with Crippen molar-refractivity contribution in [3.63, 3.8) is 0 Å². The van der Waals surface area contributed by atoms with Crippen LogP contribution in [0.2, 0.25) is 0 Å². The van der Waals surface area contributed by atoms with Crippen molar-refractivity contribution in [2.45, 2.75) is 39.4 Å². The highest BCUT2D eigenvalue weighted by molar-refractivity contribution is 6.18. The van der Waals surface area contributed by atoms with Gasteiger partial charge in [-0.25, -0.2) is 9.59 Å². The lowest BCUT2D eigenvalue weighted by atomic mass is 10.1. The number of benzene rings is 1. The molecule has 0 aromatic heterocycles. The van der Waals surface area contributed by atoms with E-state index in [2.05, 4.69) is 0 Å². The predicted octanol–water partition coefficient (Wildman–Crippen LogP) is 2.63. The van der Waals surface area contributed by atoms with Crippen LogP contribution in [0.3, 0.4) is 0 Å². The molecule has 0 radical (unpaired) electrons. The Kier molecular flexibility index (Phi) is 6.38. The average Bonchev–Trinajstić information content (AvgIpc) is 2.55. The van der Waals surface area contributed by atoms with E-state index >= 15 is 0 Å². The van der Waals surface area contributed by atoms with Crippen LogP contribution in [0.25, 0.3) is 6.08 Å². The number of rotatable bonds is 7. The third-order valence-corrected chi connectivity index (χ3v) is 3.39. The topological polar surface area (TPSA) is 88.1 Å². The molecule has 26 heavy (non-hydrogen) atoms. The van der Waals surface area contributed by atoms with E-state index in [0.29, 0.717) is 30.9 Å². The fraction of sp³-hybridized carbons (Fsp3) is 0.421. The number of hydrogen-bond acceptors (Lipinski definition) is 7. The molecule has 1 aliphatic rings. The molecule has 140 valence electrons. The first-order valence-corrected chi connectivity index (χ1v) is 8.37. The van der Waals surface area contributed by atoms with Crippen LogP contribution in [0.15, 0.2) is 29.8 Å². The Balaban J connectivity index is 1.97. The molecule has 1 fully saturated rings. The van der Waals surface area contributed by atoms with E-state index in [1.165, 1.54) is 19.9 Å². The molecule has 1 aromatic carbocycles. The number of ether oxygens (including phenoxy) is 4. The zero-order valence-corrected chi connectivity index (χ0v) is 15.1. The van der Waals surface area contributed by atoms with Crippen molar-refractivity contribution in [2.75, 3.05) is 13.2 Å². The summed E-state index contributed by atoms with van der Waals surface area (Å²) in [5.41, 5.74) is 0.417. The van der Waals surface area contributed by atoms with Gasteiger partial charge in [-0.15, -0.1) is 0 Å². The molecule has 2 rings (SSSR count). The normalized spacial score (nSPS) is 15.7. The predicted molar refractivity (Wildman–Crippen MR) is 92.0 cm³/mol. The highest BCUT2D eigenvalue weighted by atomic mass is 16.7. The van der Waals surface area contributed by atoms with Crippen molar-refractivity contribution in [3.05, 3.63) is 35.4 Å². The van der Waals surface area contributed by atoms with Gasteiger partial charge in [0.2, 0.25) is 0 Å². The average molecular weight is 362 g/mol. The molecular weight excluding hydrogens is 340 g/mol. The third-order valence-electron chi connectivity index (χ3n) is 3.39. The van der Waals surface area contributed by atoms with E-state index in [-0.39, 0.29) is 18.0 Å². The van der Waals surface area contributed by atoms with Crippen LogP contribution in [0.5, 0.6) is 5.75 Å². The maximum absolute atomic E-state index is 12.0. The summed E-state index contributed by atoms with van der Waals surface area (Å²) in [4.78, 5) is 35.2. The molecule has 1 aliphatic heterocycles. The van der Waals surface area contributed by atoms with E-state index in [0.717, 1.165) is 0 Å². The fourth-order valence-corrected chi connectivity index (χ4v) is 2.28. The van der Waals surface area contributed by atoms with Gasteiger partial charge in [-0.05, 0) is 37.1 Å². The summed E-state index contributed by atoms with van der Waals surface area (Å²) in [6, 6.07) is 6.87. The molecule has 1 aromatic rings. The Labute approximate surface area is 151 Å². The summed E-state index contributed by atoms with van der Waals surface area (Å²) < 4.78 is 20.5. The molecule has 7 nitrogen and oxygen atoms in total. The maximum atomic E-state index is 12.0. The molecule has 0 bridgehead atoms. The maximum Gasteiger partial charge on any atom is 0.348 e. The zero-order valence-electron chi connectivity index (χ0n) is 15.1. The Morgan fingerprint density at radius 3 is 2.54 bits per heavy atom. The smallest absolute Gasteiger partial charge is 0.348 e. The minimum atomic E-state index is -1.27. The van der Waals surface area contributed by atoms with Crippen LogP contribution in [0.1, 0.15) is 39.2 Å². The number of cyclic esters (lactones) is 2. The quantitative estimate of drug-likeness (QED) is 0.319. The Morgan fingerprint density at radius 1 is 1.19 bits per heavy atom. The zero-order chi connectivity index (χ0) is 19.2. The standard InChI is InChI=1S/C19H22O7/c1-4-23-16(20)9-6-10-24-14-8-5-7-13(11-14)12-15-17(21)25-19(2,3)26-18(15)22/h5,7-8,11-12H,4,6,9-10H2,1-3H3. The van der Waals surface area contributed by atoms with Gasteiger partial charge in [-0.3, -0.25) is 4.79 Å². The number of carbonyl (C=O) groups excluding carboxylic acids is 3. The van der Waals surface area contributed by atoms with Gasteiger partial charge in [0.25, 0.3) is 5.79 Å². The number of esters is 3. The van der Waals surface area contributed by atoms with Gasteiger partial charge in [-0.1, -0.05) is 12.1 Å². The third kappa shape index (κ3) is 5.61. The Bertz CT molecular complexity index is 696. The molecule has 0 N–H and O–H groups in total. The molecule has 1 heterocycles. The molecule has 0 aliphatic carbocycles. The minimum Gasteiger partial charge on any atom is -0.494 e. The Morgan fingerprint density at radius 2 is 1.88 bits per heavy atom. The molecular formula is C19H22O7. The van der Waals surface area contributed by atoms with Crippen molar-refractivity contribution in [1.82, 2.24) is 0 Å². The molecule has 1 saturated heterocycles. The lowest BCUT2D eigenvalue weighted by molar-refractivity contribution is -0.222. The van der Waals surface area contributed by atoms with Gasteiger partial charge in [0.15, 0.2) is 0 Å². The molecule has 0 unspecified atom stereocenters. The summed E-state index contributed by atoms with van der Waals surface area (Å²) >= 11 is 0. The van der Waals surface area contributed by atoms with Crippen LogP contribution in [-0.2, 0) is 28.6 Å². The first-order chi connectivity index (χ1) is 12.3.